The quantitative estimate of drug-likeness (QED) is 0.535. The van der Waals surface area contributed by atoms with Gasteiger partial charge >= 0.3 is 6.09 Å². The van der Waals surface area contributed by atoms with E-state index in [2.05, 4.69) is 5.32 Å². The molecular weight excluding hydrogens is 276 g/mol. The molecule has 0 radical (unpaired) electrons. The van der Waals surface area contributed by atoms with E-state index in [1.54, 1.807) is 20.8 Å². The van der Waals surface area contributed by atoms with Gasteiger partial charge in [-0.2, -0.15) is 0 Å². The molecule has 0 saturated carbocycles. The summed E-state index contributed by atoms with van der Waals surface area (Å²) in [6, 6.07) is 2.69. The predicted molar refractivity (Wildman–Crippen MR) is 77.5 cm³/mol. The highest BCUT2D eigenvalue weighted by Gasteiger charge is 2.21. The number of aromatic hydroxyl groups is 3. The maximum Gasteiger partial charge on any atom is 0.407 e. The van der Waals surface area contributed by atoms with Crippen molar-refractivity contribution in [3.05, 3.63) is 17.7 Å². The Morgan fingerprint density at radius 1 is 1.29 bits per heavy atom. The number of phenolic OH excluding ortho intramolecular Hbond substituents is 3. The molecule has 7 nitrogen and oxygen atoms in total. The highest BCUT2D eigenvalue weighted by molar-refractivity contribution is 5.67. The summed E-state index contributed by atoms with van der Waals surface area (Å²) in [6.45, 7) is 5.50. The van der Waals surface area contributed by atoms with Gasteiger partial charge in [-0.15, -0.1) is 0 Å². The molecule has 0 aliphatic rings. The number of hydrogen-bond acceptors (Lipinski definition) is 6. The molecular formula is C14H22N2O5. The minimum Gasteiger partial charge on any atom is -0.504 e. The zero-order valence-corrected chi connectivity index (χ0v) is 12.4. The van der Waals surface area contributed by atoms with Crippen molar-refractivity contribution in [2.75, 3.05) is 13.1 Å². The molecule has 1 atom stereocenters. The number of nitrogens with two attached hydrogens (primary N) is 1. The fraction of sp³-hybridized carbons (Fsp3) is 0.500. The Morgan fingerprint density at radius 3 is 2.43 bits per heavy atom. The van der Waals surface area contributed by atoms with Crippen molar-refractivity contribution in [3.63, 3.8) is 0 Å². The van der Waals surface area contributed by atoms with E-state index in [1.165, 1.54) is 12.1 Å². The molecule has 1 aromatic rings. The third kappa shape index (κ3) is 4.71. The van der Waals surface area contributed by atoms with Crippen LogP contribution in [0.2, 0.25) is 0 Å². The highest BCUT2D eigenvalue weighted by Crippen LogP contribution is 2.39. The normalized spacial score (nSPS) is 12.8. The Morgan fingerprint density at radius 2 is 1.90 bits per heavy atom. The van der Waals surface area contributed by atoms with Crippen molar-refractivity contribution in [2.24, 2.45) is 5.73 Å². The molecule has 1 amide bonds. The zero-order chi connectivity index (χ0) is 16.2. The van der Waals surface area contributed by atoms with Crippen LogP contribution in [0.4, 0.5) is 4.79 Å². The number of hydrogen-bond donors (Lipinski definition) is 5. The smallest absolute Gasteiger partial charge is 0.407 e. The van der Waals surface area contributed by atoms with Crippen LogP contribution in [0.3, 0.4) is 0 Å². The van der Waals surface area contributed by atoms with E-state index in [0.717, 1.165) is 0 Å². The number of phenols is 3. The lowest BCUT2D eigenvalue weighted by Gasteiger charge is -2.22. The Hall–Kier alpha value is -2.15. The molecule has 1 rings (SSSR count). The second-order valence-electron chi connectivity index (χ2n) is 5.69. The van der Waals surface area contributed by atoms with Crippen molar-refractivity contribution in [1.82, 2.24) is 5.32 Å². The molecule has 0 aliphatic carbocycles. The van der Waals surface area contributed by atoms with Gasteiger partial charge in [0.25, 0.3) is 0 Å². The molecule has 7 heteroatoms. The summed E-state index contributed by atoms with van der Waals surface area (Å²) in [7, 11) is 0. The lowest BCUT2D eigenvalue weighted by atomic mass is 9.97. The van der Waals surface area contributed by atoms with Crippen LogP contribution < -0.4 is 11.1 Å². The predicted octanol–water partition coefficient (Wildman–Crippen LogP) is 1.37. The minimum absolute atomic E-state index is 0.128. The summed E-state index contributed by atoms with van der Waals surface area (Å²) in [5.41, 5.74) is 5.35. The van der Waals surface area contributed by atoms with Crippen molar-refractivity contribution < 1.29 is 24.9 Å². The minimum atomic E-state index is -0.610. The van der Waals surface area contributed by atoms with Crippen LogP contribution in [-0.2, 0) is 4.74 Å². The van der Waals surface area contributed by atoms with Gasteiger partial charge in [-0.25, -0.2) is 4.79 Å². The topological polar surface area (TPSA) is 125 Å². The van der Waals surface area contributed by atoms with Crippen LogP contribution in [0.15, 0.2) is 12.1 Å². The Kier molecular flexibility index (Phi) is 5.26. The van der Waals surface area contributed by atoms with Crippen LogP contribution in [0.25, 0.3) is 0 Å². The van der Waals surface area contributed by atoms with Crippen LogP contribution in [0, 0.1) is 0 Å². The first-order valence-electron chi connectivity index (χ1n) is 6.56. The fourth-order valence-corrected chi connectivity index (χ4v) is 1.76. The Labute approximate surface area is 123 Å². The van der Waals surface area contributed by atoms with Crippen molar-refractivity contribution in [1.29, 1.82) is 0 Å². The van der Waals surface area contributed by atoms with Gasteiger partial charge in [-0.3, -0.25) is 0 Å². The average Bonchev–Trinajstić information content (AvgIpc) is 2.36. The fourth-order valence-electron chi connectivity index (χ4n) is 1.76. The summed E-state index contributed by atoms with van der Waals surface area (Å²) >= 11 is 0. The van der Waals surface area contributed by atoms with Gasteiger partial charge in [0.1, 0.15) is 5.60 Å². The molecule has 118 valence electrons. The van der Waals surface area contributed by atoms with E-state index in [1.807, 2.05) is 0 Å². The molecule has 1 aromatic carbocycles. The number of rotatable bonds is 4. The van der Waals surface area contributed by atoms with Gasteiger partial charge in [-0.05, 0) is 26.8 Å². The first kappa shape index (κ1) is 16.9. The standard InChI is InChI=1S/C14H22N2O5/c1-14(2,3)21-13(20)16-7-8(6-15)9-4-5-10(17)12(19)11(9)18/h4-5,8,17-19H,6-7,15H2,1-3H3,(H,16,20). The molecule has 0 heterocycles. The molecule has 1 unspecified atom stereocenters. The second kappa shape index (κ2) is 6.53. The van der Waals surface area contributed by atoms with E-state index < -0.39 is 34.9 Å². The molecule has 0 spiro atoms. The first-order valence-corrected chi connectivity index (χ1v) is 6.56. The number of benzene rings is 1. The molecule has 0 bridgehead atoms. The molecule has 0 fully saturated rings. The van der Waals surface area contributed by atoms with Crippen LogP contribution in [-0.4, -0.2) is 40.1 Å². The highest BCUT2D eigenvalue weighted by atomic mass is 16.6. The SMILES string of the molecule is CC(C)(C)OC(=O)NCC(CN)c1ccc(O)c(O)c1O. The average molecular weight is 298 g/mol. The monoisotopic (exact) mass is 298 g/mol. The van der Waals surface area contributed by atoms with Gasteiger partial charge in [0.05, 0.1) is 0 Å². The number of ether oxygens (including phenoxy) is 1. The van der Waals surface area contributed by atoms with Crippen LogP contribution in [0.5, 0.6) is 17.2 Å². The lowest BCUT2D eigenvalue weighted by molar-refractivity contribution is 0.0524. The maximum absolute atomic E-state index is 11.6. The summed E-state index contributed by atoms with van der Waals surface area (Å²) in [4.78, 5) is 11.6. The lowest BCUT2D eigenvalue weighted by Crippen LogP contribution is -2.36. The molecule has 0 aromatic heterocycles. The van der Waals surface area contributed by atoms with E-state index in [9.17, 15) is 20.1 Å². The first-order chi connectivity index (χ1) is 9.65. The third-order valence-electron chi connectivity index (χ3n) is 2.78. The number of carbonyl (C=O) groups is 1. The molecule has 6 N–H and O–H groups in total. The third-order valence-corrected chi connectivity index (χ3v) is 2.78. The van der Waals surface area contributed by atoms with Crippen molar-refractivity contribution in [2.45, 2.75) is 32.3 Å². The molecule has 0 saturated heterocycles. The van der Waals surface area contributed by atoms with Gasteiger partial charge in [0.2, 0.25) is 5.75 Å². The summed E-state index contributed by atoms with van der Waals surface area (Å²) in [6.07, 6.45) is -0.594. The molecule has 21 heavy (non-hydrogen) atoms. The summed E-state index contributed by atoms with van der Waals surface area (Å²) < 4.78 is 5.10. The Bertz CT molecular complexity index is 511. The van der Waals surface area contributed by atoms with Crippen LogP contribution >= 0.6 is 0 Å². The Balaban J connectivity index is 2.77. The zero-order valence-electron chi connectivity index (χ0n) is 12.4. The number of carbonyl (C=O) groups excluding carboxylic acids is 1. The van der Waals surface area contributed by atoms with E-state index in [-0.39, 0.29) is 13.1 Å². The van der Waals surface area contributed by atoms with E-state index in [4.69, 9.17) is 10.5 Å². The van der Waals surface area contributed by atoms with Gasteiger partial charge in [0.15, 0.2) is 11.5 Å². The maximum atomic E-state index is 11.6. The van der Waals surface area contributed by atoms with E-state index >= 15 is 0 Å². The van der Waals surface area contributed by atoms with Crippen molar-refractivity contribution in [3.8, 4) is 17.2 Å². The molecule has 0 aliphatic heterocycles. The second-order valence-corrected chi connectivity index (χ2v) is 5.69. The van der Waals surface area contributed by atoms with Crippen molar-refractivity contribution >= 4 is 6.09 Å². The van der Waals surface area contributed by atoms with Gasteiger partial charge in [0, 0.05) is 24.6 Å². The summed E-state index contributed by atoms with van der Waals surface area (Å²) in [5, 5.41) is 31.2. The number of alkyl carbamates (subject to hydrolysis) is 1. The number of amides is 1. The largest absolute Gasteiger partial charge is 0.504 e. The number of nitrogens with one attached hydrogen (secondary N) is 1. The van der Waals surface area contributed by atoms with Gasteiger partial charge < -0.3 is 31.1 Å². The van der Waals surface area contributed by atoms with E-state index in [0.29, 0.717) is 5.56 Å². The van der Waals surface area contributed by atoms with Crippen LogP contribution in [0.1, 0.15) is 32.3 Å². The summed E-state index contributed by atoms with van der Waals surface area (Å²) in [5.74, 6) is -1.91. The van der Waals surface area contributed by atoms with Gasteiger partial charge in [-0.1, -0.05) is 6.07 Å².